The fourth-order valence-electron chi connectivity index (χ4n) is 4.25. The highest BCUT2D eigenvalue weighted by Crippen LogP contribution is 2.23. The number of alkyl carbamates (subject to hydrolysis) is 1. The first-order chi connectivity index (χ1) is 21.7. The number of ether oxygens (including phenoxy) is 3. The molecule has 0 bridgehead atoms. The maximum absolute atomic E-state index is 13.0. The maximum atomic E-state index is 13.0. The Hall–Kier alpha value is -3.83. The SMILES string of the molecule is COC1=CCC(C(C)C=C(C)C=CC=CC(=O)NC(C(=O)NC=CCC(CC=C(C)Cl)OC(=O)NCCCN)C(C)(C)C)OC1=O. The molecule has 0 aromatic carbocycles. The molecule has 256 valence electrons. The summed E-state index contributed by atoms with van der Waals surface area (Å²) < 4.78 is 15.9. The van der Waals surface area contributed by atoms with E-state index in [0.717, 1.165) is 5.57 Å². The van der Waals surface area contributed by atoms with Crippen molar-refractivity contribution in [1.29, 1.82) is 0 Å². The molecule has 1 heterocycles. The predicted molar refractivity (Wildman–Crippen MR) is 180 cm³/mol. The summed E-state index contributed by atoms with van der Waals surface area (Å²) in [4.78, 5) is 49.7. The molecule has 0 saturated heterocycles. The zero-order valence-corrected chi connectivity index (χ0v) is 28.8. The molecule has 0 spiro atoms. The third-order valence-corrected chi connectivity index (χ3v) is 6.94. The third kappa shape index (κ3) is 16.5. The Balaban J connectivity index is 2.72. The van der Waals surface area contributed by atoms with Gasteiger partial charge in [-0.2, -0.15) is 0 Å². The van der Waals surface area contributed by atoms with E-state index >= 15 is 0 Å². The molecule has 0 fully saturated rings. The summed E-state index contributed by atoms with van der Waals surface area (Å²) in [6, 6.07) is -0.825. The van der Waals surface area contributed by atoms with E-state index in [1.165, 1.54) is 19.4 Å². The molecule has 46 heavy (non-hydrogen) atoms. The van der Waals surface area contributed by atoms with Gasteiger partial charge in [-0.15, -0.1) is 0 Å². The predicted octanol–water partition coefficient (Wildman–Crippen LogP) is 5.05. The average molecular weight is 663 g/mol. The highest BCUT2D eigenvalue weighted by Gasteiger charge is 2.32. The van der Waals surface area contributed by atoms with Gasteiger partial charge in [0.1, 0.15) is 18.2 Å². The van der Waals surface area contributed by atoms with Crippen LogP contribution in [-0.2, 0) is 28.6 Å². The molecular weight excluding hydrogens is 612 g/mol. The number of esters is 1. The van der Waals surface area contributed by atoms with Crippen LogP contribution in [0.3, 0.4) is 0 Å². The number of allylic oxidation sites excluding steroid dienone is 5. The molecule has 1 aliphatic rings. The van der Waals surface area contributed by atoms with Gasteiger partial charge in [0.25, 0.3) is 0 Å². The van der Waals surface area contributed by atoms with Crippen molar-refractivity contribution in [2.75, 3.05) is 20.2 Å². The fraction of sp³-hybridized carbons (Fsp3) is 0.529. The van der Waals surface area contributed by atoms with E-state index in [9.17, 15) is 19.2 Å². The van der Waals surface area contributed by atoms with Crippen molar-refractivity contribution in [3.63, 3.8) is 0 Å². The Morgan fingerprint density at radius 2 is 1.87 bits per heavy atom. The number of amides is 3. The molecule has 0 aromatic heterocycles. The summed E-state index contributed by atoms with van der Waals surface area (Å²) in [7, 11) is 1.44. The first kappa shape index (κ1) is 40.2. The van der Waals surface area contributed by atoms with E-state index in [-0.39, 0.29) is 17.8 Å². The molecule has 0 saturated carbocycles. The van der Waals surface area contributed by atoms with Gasteiger partial charge in [-0.3, -0.25) is 9.59 Å². The quantitative estimate of drug-likeness (QED) is 0.0729. The van der Waals surface area contributed by atoms with E-state index < -0.39 is 41.4 Å². The Labute approximate surface area is 278 Å². The van der Waals surface area contributed by atoms with Crippen LogP contribution < -0.4 is 21.7 Å². The largest absolute Gasteiger partial charge is 0.490 e. The molecule has 11 nitrogen and oxygen atoms in total. The number of carbonyl (C=O) groups excluding carboxylic acids is 4. The lowest BCUT2D eigenvalue weighted by Crippen LogP contribution is -2.52. The number of halogens is 1. The second kappa shape index (κ2) is 21.1. The van der Waals surface area contributed by atoms with Gasteiger partial charge in [0, 0.05) is 42.8 Å². The van der Waals surface area contributed by atoms with Gasteiger partial charge in [-0.1, -0.05) is 81.3 Å². The number of methoxy groups -OCH3 is 1. The van der Waals surface area contributed by atoms with E-state index in [1.54, 1.807) is 37.3 Å². The summed E-state index contributed by atoms with van der Waals surface area (Å²) >= 11 is 5.95. The molecular formula is C34H51ClN4O7. The second-order valence-corrected chi connectivity index (χ2v) is 12.6. The van der Waals surface area contributed by atoms with Crippen LogP contribution in [0, 0.1) is 11.3 Å². The lowest BCUT2D eigenvalue weighted by molar-refractivity contribution is -0.151. The van der Waals surface area contributed by atoms with Gasteiger partial charge < -0.3 is 35.9 Å². The van der Waals surface area contributed by atoms with Crippen LogP contribution >= 0.6 is 11.6 Å². The van der Waals surface area contributed by atoms with Crippen LogP contribution in [0.15, 0.2) is 71.2 Å². The number of hydrogen-bond donors (Lipinski definition) is 4. The van der Waals surface area contributed by atoms with Crippen LogP contribution in [0.5, 0.6) is 0 Å². The van der Waals surface area contributed by atoms with Gasteiger partial charge >= 0.3 is 12.1 Å². The summed E-state index contributed by atoms with van der Waals surface area (Å²) in [6.45, 7) is 12.0. The van der Waals surface area contributed by atoms with Crippen LogP contribution in [0.1, 0.15) is 67.2 Å². The molecule has 5 N–H and O–H groups in total. The van der Waals surface area contributed by atoms with Crippen molar-refractivity contribution in [1.82, 2.24) is 16.0 Å². The molecule has 4 atom stereocenters. The van der Waals surface area contributed by atoms with Crippen molar-refractivity contribution in [3.05, 3.63) is 71.2 Å². The molecule has 0 aromatic rings. The van der Waals surface area contributed by atoms with Gasteiger partial charge in [-0.25, -0.2) is 9.59 Å². The minimum Gasteiger partial charge on any atom is -0.490 e. The Bertz CT molecular complexity index is 1210. The molecule has 4 unspecified atom stereocenters. The number of cyclic esters (lactones) is 1. The highest BCUT2D eigenvalue weighted by molar-refractivity contribution is 6.29. The van der Waals surface area contributed by atoms with Crippen LogP contribution in [0.2, 0.25) is 0 Å². The monoisotopic (exact) mass is 662 g/mol. The lowest BCUT2D eigenvalue weighted by atomic mass is 9.86. The zero-order chi connectivity index (χ0) is 34.7. The number of nitrogens with one attached hydrogen (secondary N) is 3. The Morgan fingerprint density at radius 1 is 1.17 bits per heavy atom. The van der Waals surface area contributed by atoms with Crippen LogP contribution in [0.4, 0.5) is 4.79 Å². The van der Waals surface area contributed by atoms with Crippen LogP contribution in [-0.4, -0.2) is 62.3 Å². The first-order valence-corrected chi connectivity index (χ1v) is 15.8. The summed E-state index contributed by atoms with van der Waals surface area (Å²) in [6.07, 6.45) is 15.7. The minimum absolute atomic E-state index is 0.0216. The average Bonchev–Trinajstić information content (AvgIpc) is 2.98. The number of rotatable bonds is 17. The molecule has 0 radical (unpaired) electrons. The minimum atomic E-state index is -0.825. The Kier molecular flexibility index (Phi) is 18.4. The topological polar surface area (TPSA) is 158 Å². The van der Waals surface area contributed by atoms with Crippen molar-refractivity contribution in [2.45, 2.75) is 85.5 Å². The zero-order valence-electron chi connectivity index (χ0n) is 28.1. The molecule has 3 amide bonds. The smallest absolute Gasteiger partial charge is 0.407 e. The van der Waals surface area contributed by atoms with E-state index in [0.29, 0.717) is 43.8 Å². The molecule has 1 aliphatic heterocycles. The molecule has 1 rings (SSSR count). The van der Waals surface area contributed by atoms with Crippen LogP contribution in [0.25, 0.3) is 0 Å². The number of hydrogen-bond acceptors (Lipinski definition) is 8. The standard InChI is InChI=1S/C34H51ClN4O7/c1-23(22-24(2)27-17-18-28(44-7)32(42)46-27)12-8-9-14-29(40)39-30(34(4,5)6)31(41)37-20-10-13-26(16-15-25(3)35)45-33(43)38-21-11-19-36/h8-10,12,14-15,18,20,22,24,26-27,30H,11,13,16-17,19,21,36H2,1-7H3,(H,37,41)(H,38,43)(H,39,40). The number of nitrogens with two attached hydrogens (primary N) is 1. The van der Waals surface area contributed by atoms with Gasteiger partial charge in [0.2, 0.25) is 11.8 Å². The van der Waals surface area contributed by atoms with Crippen molar-refractivity contribution >= 4 is 35.5 Å². The number of carbonyl (C=O) groups is 4. The summed E-state index contributed by atoms with van der Waals surface area (Å²) in [5.74, 6) is -1.09. The van der Waals surface area contributed by atoms with Crippen molar-refractivity contribution < 1.29 is 33.4 Å². The third-order valence-electron chi connectivity index (χ3n) is 6.79. The molecule has 0 aliphatic carbocycles. The summed E-state index contributed by atoms with van der Waals surface area (Å²) in [5, 5.41) is 8.71. The molecule has 12 heteroatoms. The first-order valence-electron chi connectivity index (χ1n) is 15.4. The lowest BCUT2D eigenvalue weighted by Gasteiger charge is -2.29. The van der Waals surface area contributed by atoms with E-state index in [1.807, 2.05) is 46.8 Å². The second-order valence-electron chi connectivity index (χ2n) is 12.0. The van der Waals surface area contributed by atoms with Gasteiger partial charge in [0.05, 0.1) is 7.11 Å². The van der Waals surface area contributed by atoms with Gasteiger partial charge in [0.15, 0.2) is 5.76 Å². The van der Waals surface area contributed by atoms with Crippen molar-refractivity contribution in [3.8, 4) is 0 Å². The van der Waals surface area contributed by atoms with E-state index in [2.05, 4.69) is 16.0 Å². The fourth-order valence-corrected chi connectivity index (χ4v) is 4.34. The maximum Gasteiger partial charge on any atom is 0.407 e. The van der Waals surface area contributed by atoms with Crippen molar-refractivity contribution in [2.24, 2.45) is 17.1 Å². The van der Waals surface area contributed by atoms with Gasteiger partial charge in [-0.05, 0) is 44.5 Å². The summed E-state index contributed by atoms with van der Waals surface area (Å²) in [5.41, 5.74) is 5.81. The Morgan fingerprint density at radius 3 is 2.48 bits per heavy atom. The van der Waals surface area contributed by atoms with E-state index in [4.69, 9.17) is 31.5 Å². The normalized spacial score (nSPS) is 18.2. The highest BCUT2D eigenvalue weighted by atomic mass is 35.5.